The lowest BCUT2D eigenvalue weighted by molar-refractivity contribution is 0.112. The Morgan fingerprint density at radius 2 is 1.97 bits per heavy atom. The number of ether oxygens (including phenoxy) is 1. The molecule has 2 aromatic heterocycles. The van der Waals surface area contributed by atoms with Gasteiger partial charge in [0, 0.05) is 23.7 Å². The minimum Gasteiger partial charge on any atom is -0.368 e. The van der Waals surface area contributed by atoms with Gasteiger partial charge in [-0.2, -0.15) is 0 Å². The Morgan fingerprint density at radius 1 is 1.23 bits per heavy atom. The van der Waals surface area contributed by atoms with E-state index in [4.69, 9.17) is 9.26 Å². The summed E-state index contributed by atoms with van der Waals surface area (Å²) in [6.07, 6.45) is 7.24. The van der Waals surface area contributed by atoms with Gasteiger partial charge in [-0.05, 0) is 43.2 Å². The van der Waals surface area contributed by atoms with Crippen LogP contribution in [-0.2, 0) is 4.74 Å². The zero-order chi connectivity index (χ0) is 21.9. The number of benzene rings is 1. The molecule has 5 heteroatoms. The molecule has 3 aromatic rings. The van der Waals surface area contributed by atoms with E-state index in [2.05, 4.69) is 30.0 Å². The lowest BCUT2D eigenvalue weighted by Crippen LogP contribution is -1.99. The first-order valence-electron chi connectivity index (χ1n) is 10.0. The van der Waals surface area contributed by atoms with Crippen LogP contribution in [0.25, 0.3) is 5.57 Å². The molecule has 0 radical (unpaired) electrons. The first-order chi connectivity index (χ1) is 14.7. The van der Waals surface area contributed by atoms with Crippen molar-refractivity contribution in [2.75, 3.05) is 12.4 Å². The maximum absolute atomic E-state index is 5.74. The van der Waals surface area contributed by atoms with Crippen LogP contribution in [0.3, 0.4) is 0 Å². The van der Waals surface area contributed by atoms with Gasteiger partial charge in [-0.25, -0.2) is 0 Å². The SMILES string of the molecule is C=C/C=C\C(=C/C)c1cc(C(OC)c2cc(C)c(Nc3ccccc3)s2)on1.CC. The first-order valence-corrected chi connectivity index (χ1v) is 10.9. The van der Waals surface area contributed by atoms with Gasteiger partial charge in [-0.3, -0.25) is 0 Å². The fourth-order valence-electron chi connectivity index (χ4n) is 2.84. The van der Waals surface area contributed by atoms with Gasteiger partial charge in [0.05, 0.1) is 5.00 Å². The lowest BCUT2D eigenvalue weighted by atomic mass is 10.1. The van der Waals surface area contributed by atoms with E-state index in [0.717, 1.165) is 32.4 Å². The second kappa shape index (κ2) is 12.0. The van der Waals surface area contributed by atoms with Crippen LogP contribution < -0.4 is 5.32 Å². The molecule has 158 valence electrons. The Morgan fingerprint density at radius 3 is 2.60 bits per heavy atom. The van der Waals surface area contributed by atoms with Crippen LogP contribution in [0.5, 0.6) is 0 Å². The Kier molecular flexibility index (Phi) is 9.32. The molecule has 1 N–H and O–H groups in total. The number of methoxy groups -OCH3 is 1. The van der Waals surface area contributed by atoms with Crippen molar-refractivity contribution in [1.82, 2.24) is 5.16 Å². The molecule has 2 heterocycles. The molecule has 3 rings (SSSR count). The van der Waals surface area contributed by atoms with E-state index in [0.29, 0.717) is 5.76 Å². The molecule has 0 aliphatic carbocycles. The molecule has 0 aliphatic heterocycles. The molecule has 0 saturated carbocycles. The minimum atomic E-state index is -0.308. The van der Waals surface area contributed by atoms with Crippen LogP contribution in [-0.4, -0.2) is 12.3 Å². The van der Waals surface area contributed by atoms with Crippen molar-refractivity contribution in [2.24, 2.45) is 0 Å². The molecule has 0 spiro atoms. The third-order valence-corrected chi connectivity index (χ3v) is 5.46. The highest BCUT2D eigenvalue weighted by atomic mass is 32.1. The standard InChI is InChI=1S/C23H24N2O2S.C2H6/c1-5-7-11-17(6-2)19-15-20(27-25-19)22(26-4)21-14-16(3)23(28-21)24-18-12-9-8-10-13-18;1-2/h5-15,22,24H,1H2,2-4H3;1-2H3/b11-7-,17-6+;. The van der Waals surface area contributed by atoms with Crippen LogP contribution >= 0.6 is 11.3 Å². The molecule has 0 saturated heterocycles. The molecule has 30 heavy (non-hydrogen) atoms. The summed E-state index contributed by atoms with van der Waals surface area (Å²) in [7, 11) is 1.68. The van der Waals surface area contributed by atoms with Crippen molar-refractivity contribution in [1.29, 1.82) is 0 Å². The van der Waals surface area contributed by atoms with Crippen LogP contribution in [0, 0.1) is 6.92 Å². The summed E-state index contributed by atoms with van der Waals surface area (Å²) in [4.78, 5) is 1.06. The Balaban J connectivity index is 0.00000155. The monoisotopic (exact) mass is 422 g/mol. The third-order valence-electron chi connectivity index (χ3n) is 4.27. The maximum atomic E-state index is 5.74. The Hall–Kier alpha value is -2.89. The quantitative estimate of drug-likeness (QED) is 0.378. The summed E-state index contributed by atoms with van der Waals surface area (Å²) in [5.41, 5.74) is 3.96. The van der Waals surface area contributed by atoms with E-state index < -0.39 is 0 Å². The molecular formula is C25H30N2O2S. The van der Waals surface area contributed by atoms with E-state index in [1.807, 2.05) is 75.4 Å². The predicted octanol–water partition coefficient (Wildman–Crippen LogP) is 7.70. The zero-order valence-electron chi connectivity index (χ0n) is 18.3. The fourth-order valence-corrected chi connectivity index (χ4v) is 4.01. The molecular weight excluding hydrogens is 392 g/mol. The van der Waals surface area contributed by atoms with E-state index in [1.54, 1.807) is 24.5 Å². The van der Waals surface area contributed by atoms with Crippen LogP contribution in [0.15, 0.2) is 77.9 Å². The van der Waals surface area contributed by atoms with Gasteiger partial charge < -0.3 is 14.6 Å². The Labute approximate surface area is 183 Å². The van der Waals surface area contributed by atoms with Crippen LogP contribution in [0.2, 0.25) is 0 Å². The zero-order valence-corrected chi connectivity index (χ0v) is 19.1. The van der Waals surface area contributed by atoms with E-state index in [1.165, 1.54) is 0 Å². The lowest BCUT2D eigenvalue weighted by Gasteiger charge is -2.09. The van der Waals surface area contributed by atoms with Gasteiger partial charge >= 0.3 is 0 Å². The smallest absolute Gasteiger partial charge is 0.171 e. The number of aryl methyl sites for hydroxylation is 1. The first kappa shape index (κ1) is 23.4. The molecule has 0 aliphatic rings. The van der Waals surface area contributed by atoms with Gasteiger partial charge in [0.2, 0.25) is 0 Å². The minimum absolute atomic E-state index is 0.308. The molecule has 0 amide bonds. The average molecular weight is 423 g/mol. The summed E-state index contributed by atoms with van der Waals surface area (Å²) in [6.45, 7) is 11.8. The van der Waals surface area contributed by atoms with Gasteiger partial charge in [-0.15, -0.1) is 11.3 Å². The third kappa shape index (κ3) is 5.81. The summed E-state index contributed by atoms with van der Waals surface area (Å²) < 4.78 is 11.4. The summed E-state index contributed by atoms with van der Waals surface area (Å²) in [5, 5.41) is 8.77. The molecule has 4 nitrogen and oxygen atoms in total. The number of rotatable bonds is 8. The number of para-hydroxylation sites is 1. The second-order valence-corrected chi connectivity index (χ2v) is 7.30. The van der Waals surface area contributed by atoms with Crippen molar-refractivity contribution < 1.29 is 9.26 Å². The van der Waals surface area contributed by atoms with Gasteiger partial charge in [0.1, 0.15) is 5.69 Å². The summed E-state index contributed by atoms with van der Waals surface area (Å²) in [6, 6.07) is 14.2. The number of nitrogens with one attached hydrogen (secondary N) is 1. The van der Waals surface area contributed by atoms with Crippen molar-refractivity contribution >= 4 is 27.6 Å². The number of thiophene rings is 1. The molecule has 0 fully saturated rings. The number of aromatic nitrogens is 1. The number of allylic oxidation sites excluding steroid dienone is 5. The predicted molar refractivity (Wildman–Crippen MR) is 128 cm³/mol. The molecule has 1 atom stereocenters. The van der Waals surface area contributed by atoms with Crippen molar-refractivity contribution in [3.05, 3.63) is 95.2 Å². The topological polar surface area (TPSA) is 47.3 Å². The number of anilines is 2. The Bertz CT molecular complexity index is 984. The molecule has 0 bridgehead atoms. The highest BCUT2D eigenvalue weighted by molar-refractivity contribution is 7.16. The largest absolute Gasteiger partial charge is 0.368 e. The second-order valence-electron chi connectivity index (χ2n) is 6.22. The number of hydrogen-bond acceptors (Lipinski definition) is 5. The van der Waals surface area contributed by atoms with Gasteiger partial charge in [-0.1, -0.05) is 68.1 Å². The number of nitrogens with zero attached hydrogens (tertiary/aromatic N) is 1. The summed E-state index contributed by atoms with van der Waals surface area (Å²) >= 11 is 1.65. The summed E-state index contributed by atoms with van der Waals surface area (Å²) in [5.74, 6) is 0.677. The van der Waals surface area contributed by atoms with Crippen LogP contribution in [0.4, 0.5) is 10.7 Å². The molecule has 1 aromatic carbocycles. The highest BCUT2D eigenvalue weighted by Crippen LogP contribution is 2.38. The van der Waals surface area contributed by atoms with Crippen molar-refractivity contribution in [3.8, 4) is 0 Å². The van der Waals surface area contributed by atoms with Crippen LogP contribution in [0.1, 0.15) is 48.8 Å². The van der Waals surface area contributed by atoms with E-state index in [9.17, 15) is 0 Å². The van der Waals surface area contributed by atoms with E-state index in [-0.39, 0.29) is 6.10 Å². The molecule has 1 unspecified atom stereocenters. The van der Waals surface area contributed by atoms with Gasteiger partial charge in [0.15, 0.2) is 11.9 Å². The normalized spacial score (nSPS) is 12.4. The van der Waals surface area contributed by atoms with Crippen molar-refractivity contribution in [3.63, 3.8) is 0 Å². The van der Waals surface area contributed by atoms with E-state index >= 15 is 0 Å². The van der Waals surface area contributed by atoms with Crippen molar-refractivity contribution in [2.45, 2.75) is 33.8 Å². The van der Waals surface area contributed by atoms with Gasteiger partial charge in [0.25, 0.3) is 0 Å². The maximum Gasteiger partial charge on any atom is 0.171 e. The fraction of sp³-hybridized carbons (Fsp3) is 0.240. The highest BCUT2D eigenvalue weighted by Gasteiger charge is 2.22. The number of hydrogen-bond donors (Lipinski definition) is 1. The average Bonchev–Trinajstić information content (AvgIpc) is 3.39.